The molecule has 16 heavy (non-hydrogen) atoms. The summed E-state index contributed by atoms with van der Waals surface area (Å²) >= 11 is 1.78. The van der Waals surface area contributed by atoms with Gasteiger partial charge in [-0.1, -0.05) is 19.3 Å². The molecular formula is C13H16N2S. The van der Waals surface area contributed by atoms with Gasteiger partial charge in [-0.3, -0.25) is 0 Å². The molecule has 84 valence electrons. The first kappa shape index (κ1) is 10.3. The molecule has 0 amide bonds. The van der Waals surface area contributed by atoms with Gasteiger partial charge < -0.3 is 0 Å². The highest BCUT2D eigenvalue weighted by molar-refractivity contribution is 7.09. The van der Waals surface area contributed by atoms with Gasteiger partial charge in [-0.05, 0) is 25.7 Å². The fraction of sp³-hybridized carbons (Fsp3) is 0.692. The molecule has 3 rings (SSSR count). The van der Waals surface area contributed by atoms with Crippen molar-refractivity contribution in [3.63, 3.8) is 0 Å². The fourth-order valence-electron chi connectivity index (χ4n) is 2.59. The summed E-state index contributed by atoms with van der Waals surface area (Å²) in [6.07, 6.45) is 8.70. The quantitative estimate of drug-likeness (QED) is 0.778. The summed E-state index contributed by atoms with van der Waals surface area (Å²) in [5, 5.41) is 12.6. The molecule has 0 unspecified atom stereocenters. The number of nitriles is 1. The SMILES string of the molecule is N#CC1(c2csc(C3CCCCC3)n2)CC1. The average Bonchev–Trinajstić information content (AvgIpc) is 3.00. The van der Waals surface area contributed by atoms with E-state index in [1.54, 1.807) is 11.3 Å². The molecule has 2 nitrogen and oxygen atoms in total. The first-order chi connectivity index (χ1) is 7.84. The van der Waals surface area contributed by atoms with E-state index in [4.69, 9.17) is 10.2 Å². The van der Waals surface area contributed by atoms with Gasteiger partial charge >= 0.3 is 0 Å². The Morgan fingerprint density at radius 1 is 1.31 bits per heavy atom. The molecule has 1 heterocycles. The number of aromatic nitrogens is 1. The van der Waals surface area contributed by atoms with Crippen LogP contribution in [0, 0.1) is 11.3 Å². The summed E-state index contributed by atoms with van der Waals surface area (Å²) in [5.74, 6) is 0.682. The van der Waals surface area contributed by atoms with Gasteiger partial charge in [-0.25, -0.2) is 4.98 Å². The monoisotopic (exact) mass is 232 g/mol. The summed E-state index contributed by atoms with van der Waals surface area (Å²) in [5.41, 5.74) is 0.865. The molecular weight excluding hydrogens is 216 g/mol. The maximum atomic E-state index is 9.14. The van der Waals surface area contributed by atoms with Gasteiger partial charge in [0.15, 0.2) is 0 Å². The number of thiazole rings is 1. The Morgan fingerprint density at radius 3 is 2.69 bits per heavy atom. The van der Waals surface area contributed by atoms with Crippen molar-refractivity contribution in [2.45, 2.75) is 56.3 Å². The Kier molecular flexibility index (Phi) is 2.48. The molecule has 0 atom stereocenters. The summed E-state index contributed by atoms with van der Waals surface area (Å²) in [7, 11) is 0. The first-order valence-corrected chi connectivity index (χ1v) is 7.09. The van der Waals surface area contributed by atoms with Crippen LogP contribution in [0.3, 0.4) is 0 Å². The molecule has 3 heteroatoms. The molecule has 2 aliphatic carbocycles. The fourth-order valence-corrected chi connectivity index (χ4v) is 3.68. The highest BCUT2D eigenvalue weighted by Crippen LogP contribution is 2.48. The minimum atomic E-state index is -0.191. The van der Waals surface area contributed by atoms with Crippen molar-refractivity contribution in [3.8, 4) is 6.07 Å². The summed E-state index contributed by atoms with van der Waals surface area (Å²) < 4.78 is 0. The van der Waals surface area contributed by atoms with E-state index in [0.717, 1.165) is 18.5 Å². The predicted molar refractivity (Wildman–Crippen MR) is 64.5 cm³/mol. The number of hydrogen-bond acceptors (Lipinski definition) is 3. The van der Waals surface area contributed by atoms with Crippen molar-refractivity contribution in [1.29, 1.82) is 5.26 Å². The van der Waals surface area contributed by atoms with Crippen LogP contribution in [-0.2, 0) is 5.41 Å². The number of hydrogen-bond donors (Lipinski definition) is 0. The Bertz CT molecular complexity index is 419. The lowest BCUT2D eigenvalue weighted by Crippen LogP contribution is -2.07. The van der Waals surface area contributed by atoms with Crippen molar-refractivity contribution in [1.82, 2.24) is 4.98 Å². The van der Waals surface area contributed by atoms with Crippen LogP contribution in [0.25, 0.3) is 0 Å². The van der Waals surface area contributed by atoms with E-state index in [0.29, 0.717) is 5.92 Å². The van der Waals surface area contributed by atoms with Crippen LogP contribution in [0.5, 0.6) is 0 Å². The lowest BCUT2D eigenvalue weighted by molar-refractivity contribution is 0.441. The topological polar surface area (TPSA) is 36.7 Å². The van der Waals surface area contributed by atoms with E-state index in [2.05, 4.69) is 11.4 Å². The van der Waals surface area contributed by atoms with Gasteiger partial charge in [0, 0.05) is 11.3 Å². The van der Waals surface area contributed by atoms with E-state index in [1.165, 1.54) is 37.1 Å². The molecule has 1 aromatic heterocycles. The van der Waals surface area contributed by atoms with Crippen molar-refractivity contribution in [2.75, 3.05) is 0 Å². The summed E-state index contributed by atoms with van der Waals surface area (Å²) in [6, 6.07) is 2.43. The minimum Gasteiger partial charge on any atom is -0.244 e. The minimum absolute atomic E-state index is 0.191. The van der Waals surface area contributed by atoms with Gasteiger partial charge in [0.05, 0.1) is 16.8 Å². The molecule has 2 saturated carbocycles. The van der Waals surface area contributed by atoms with Crippen LogP contribution in [0.4, 0.5) is 0 Å². The van der Waals surface area contributed by atoms with Crippen LogP contribution in [-0.4, -0.2) is 4.98 Å². The van der Waals surface area contributed by atoms with E-state index in [1.807, 2.05) is 0 Å². The molecule has 0 spiro atoms. The Morgan fingerprint density at radius 2 is 2.06 bits per heavy atom. The second kappa shape index (κ2) is 3.85. The maximum Gasteiger partial charge on any atom is 0.100 e. The van der Waals surface area contributed by atoms with Crippen LogP contribution >= 0.6 is 11.3 Å². The van der Waals surface area contributed by atoms with Crippen molar-refractivity contribution < 1.29 is 0 Å². The highest BCUT2D eigenvalue weighted by Gasteiger charge is 2.47. The van der Waals surface area contributed by atoms with Crippen LogP contribution in [0.2, 0.25) is 0 Å². The van der Waals surface area contributed by atoms with E-state index in [-0.39, 0.29) is 5.41 Å². The average molecular weight is 232 g/mol. The van der Waals surface area contributed by atoms with E-state index in [9.17, 15) is 0 Å². The largest absolute Gasteiger partial charge is 0.244 e. The second-order valence-electron chi connectivity index (χ2n) is 5.10. The zero-order valence-corrected chi connectivity index (χ0v) is 10.2. The molecule has 0 saturated heterocycles. The summed E-state index contributed by atoms with van der Waals surface area (Å²) in [4.78, 5) is 4.73. The Labute approximate surface area is 100 Å². The van der Waals surface area contributed by atoms with Crippen molar-refractivity contribution in [2.24, 2.45) is 0 Å². The molecule has 2 fully saturated rings. The molecule has 0 N–H and O–H groups in total. The molecule has 0 aliphatic heterocycles. The maximum absolute atomic E-state index is 9.14. The zero-order chi connectivity index (χ0) is 11.0. The zero-order valence-electron chi connectivity index (χ0n) is 9.41. The van der Waals surface area contributed by atoms with Gasteiger partial charge in [0.25, 0.3) is 0 Å². The van der Waals surface area contributed by atoms with E-state index < -0.39 is 0 Å². The van der Waals surface area contributed by atoms with Gasteiger partial charge in [-0.15, -0.1) is 11.3 Å². The standard InChI is InChI=1S/C13H16N2S/c14-9-13(6-7-13)11-8-16-12(15-11)10-4-2-1-3-5-10/h8,10H,1-7H2. The van der Waals surface area contributed by atoms with E-state index >= 15 is 0 Å². The molecule has 0 aromatic carbocycles. The van der Waals surface area contributed by atoms with Crippen LogP contribution < -0.4 is 0 Å². The Balaban J connectivity index is 1.80. The smallest absolute Gasteiger partial charge is 0.100 e. The third kappa shape index (κ3) is 1.66. The van der Waals surface area contributed by atoms with Crippen LogP contribution in [0.15, 0.2) is 5.38 Å². The van der Waals surface area contributed by atoms with Crippen molar-refractivity contribution in [3.05, 3.63) is 16.1 Å². The molecule has 0 bridgehead atoms. The van der Waals surface area contributed by atoms with Gasteiger partial charge in [0.1, 0.15) is 5.41 Å². The number of rotatable bonds is 2. The molecule has 2 aliphatic rings. The second-order valence-corrected chi connectivity index (χ2v) is 5.99. The third-order valence-electron chi connectivity index (χ3n) is 3.93. The molecule has 0 radical (unpaired) electrons. The predicted octanol–water partition coefficient (Wildman–Crippen LogP) is 3.75. The van der Waals surface area contributed by atoms with Crippen molar-refractivity contribution >= 4 is 11.3 Å². The lowest BCUT2D eigenvalue weighted by Gasteiger charge is -2.19. The normalized spacial score (nSPS) is 23.9. The number of nitrogens with zero attached hydrogens (tertiary/aromatic N) is 2. The first-order valence-electron chi connectivity index (χ1n) is 6.21. The highest BCUT2D eigenvalue weighted by atomic mass is 32.1. The summed E-state index contributed by atoms with van der Waals surface area (Å²) in [6.45, 7) is 0. The lowest BCUT2D eigenvalue weighted by atomic mass is 9.90. The third-order valence-corrected chi connectivity index (χ3v) is 4.94. The van der Waals surface area contributed by atoms with Crippen LogP contribution in [0.1, 0.15) is 61.6 Å². The van der Waals surface area contributed by atoms with Gasteiger partial charge in [-0.2, -0.15) is 5.26 Å². The Hall–Kier alpha value is -0.880. The molecule has 1 aromatic rings. The van der Waals surface area contributed by atoms with Gasteiger partial charge in [0.2, 0.25) is 0 Å².